The maximum Gasteiger partial charge on any atom is 0.218 e. The van der Waals surface area contributed by atoms with Crippen LogP contribution in [0.2, 0.25) is 0 Å². The topological polar surface area (TPSA) is 57.6 Å². The van der Waals surface area contributed by atoms with Gasteiger partial charge in [0.2, 0.25) is 10.0 Å². The summed E-state index contributed by atoms with van der Waals surface area (Å²) < 4.78 is 25.9. The highest BCUT2D eigenvalue weighted by atomic mass is 32.2. The third-order valence-electron chi connectivity index (χ3n) is 3.77. The third kappa shape index (κ3) is 3.78. The zero-order chi connectivity index (χ0) is 14.0. The van der Waals surface area contributed by atoms with Gasteiger partial charge >= 0.3 is 0 Å². The molecule has 1 N–H and O–H groups in total. The molecule has 106 valence electrons. The highest BCUT2D eigenvalue weighted by molar-refractivity contribution is 7.88. The van der Waals surface area contributed by atoms with Gasteiger partial charge in [0.1, 0.15) is 0 Å². The van der Waals surface area contributed by atoms with Gasteiger partial charge in [0.25, 0.3) is 0 Å². The summed E-state index contributed by atoms with van der Waals surface area (Å²) in [7, 11) is -1.62. The van der Waals surface area contributed by atoms with E-state index in [0.717, 1.165) is 17.5 Å². The Balaban J connectivity index is 2.02. The first-order chi connectivity index (χ1) is 8.92. The van der Waals surface area contributed by atoms with Gasteiger partial charge in [-0.05, 0) is 29.4 Å². The number of sulfonamides is 1. The molecule has 4 nitrogen and oxygen atoms in total. The molecule has 19 heavy (non-hydrogen) atoms. The second-order valence-corrected chi connectivity index (χ2v) is 7.56. The SMILES string of the molecule is CC1CC1CN(C)S(=O)(=O)Cc1cccc(CO)c1. The monoisotopic (exact) mass is 283 g/mol. The van der Waals surface area contributed by atoms with Gasteiger partial charge in [0, 0.05) is 13.6 Å². The summed E-state index contributed by atoms with van der Waals surface area (Å²) in [6.07, 6.45) is 1.12. The molecule has 1 aromatic rings. The van der Waals surface area contributed by atoms with Crippen LogP contribution >= 0.6 is 0 Å². The predicted molar refractivity (Wildman–Crippen MR) is 74.9 cm³/mol. The van der Waals surface area contributed by atoms with E-state index in [1.54, 1.807) is 31.3 Å². The smallest absolute Gasteiger partial charge is 0.218 e. The lowest BCUT2D eigenvalue weighted by Gasteiger charge is -2.17. The quantitative estimate of drug-likeness (QED) is 0.862. The van der Waals surface area contributed by atoms with Gasteiger partial charge in [-0.1, -0.05) is 31.2 Å². The van der Waals surface area contributed by atoms with Gasteiger partial charge in [-0.3, -0.25) is 0 Å². The molecular weight excluding hydrogens is 262 g/mol. The number of aliphatic hydroxyl groups is 1. The third-order valence-corrected chi connectivity index (χ3v) is 5.56. The lowest BCUT2D eigenvalue weighted by atomic mass is 10.1. The van der Waals surface area contributed by atoms with Crippen LogP contribution in [0.5, 0.6) is 0 Å². The average molecular weight is 283 g/mol. The molecule has 2 unspecified atom stereocenters. The van der Waals surface area contributed by atoms with Gasteiger partial charge in [-0.15, -0.1) is 0 Å². The van der Waals surface area contributed by atoms with Crippen LogP contribution in [0.1, 0.15) is 24.5 Å². The van der Waals surface area contributed by atoms with Crippen molar-refractivity contribution < 1.29 is 13.5 Å². The second-order valence-electron chi connectivity index (χ2n) is 5.49. The highest BCUT2D eigenvalue weighted by Gasteiger charge is 2.35. The molecule has 1 saturated carbocycles. The largest absolute Gasteiger partial charge is 0.392 e. The molecule has 1 aromatic carbocycles. The Bertz CT molecular complexity index is 541. The average Bonchev–Trinajstić information content (AvgIpc) is 3.04. The molecule has 2 rings (SSSR count). The molecule has 0 amide bonds. The summed E-state index contributed by atoms with van der Waals surface area (Å²) in [4.78, 5) is 0. The van der Waals surface area contributed by atoms with Crippen molar-refractivity contribution in [1.29, 1.82) is 0 Å². The summed E-state index contributed by atoms with van der Waals surface area (Å²) in [5.74, 6) is 1.16. The maximum atomic E-state index is 12.2. The highest BCUT2D eigenvalue weighted by Crippen LogP contribution is 2.38. The van der Waals surface area contributed by atoms with Crippen LogP contribution in [0, 0.1) is 11.8 Å². The fourth-order valence-electron chi connectivity index (χ4n) is 2.24. The van der Waals surface area contributed by atoms with E-state index in [1.807, 2.05) is 0 Å². The van der Waals surface area contributed by atoms with Crippen molar-refractivity contribution in [2.45, 2.75) is 25.7 Å². The van der Waals surface area contributed by atoms with E-state index in [4.69, 9.17) is 5.11 Å². The van der Waals surface area contributed by atoms with E-state index < -0.39 is 10.0 Å². The Labute approximate surface area is 115 Å². The molecule has 0 heterocycles. The number of rotatable bonds is 6. The van der Waals surface area contributed by atoms with E-state index in [9.17, 15) is 8.42 Å². The molecule has 0 spiro atoms. The Hall–Kier alpha value is -0.910. The lowest BCUT2D eigenvalue weighted by Crippen LogP contribution is -2.30. The van der Waals surface area contributed by atoms with Gasteiger partial charge in [-0.2, -0.15) is 0 Å². The summed E-state index contributed by atoms with van der Waals surface area (Å²) in [6.45, 7) is 2.70. The van der Waals surface area contributed by atoms with E-state index in [-0.39, 0.29) is 12.4 Å². The van der Waals surface area contributed by atoms with Crippen LogP contribution in [0.4, 0.5) is 0 Å². The number of benzene rings is 1. The standard InChI is InChI=1S/C14H21NO3S/c1-11-6-14(11)8-15(2)19(17,18)10-13-5-3-4-12(7-13)9-16/h3-5,7,11,14,16H,6,8-10H2,1-2H3. The van der Waals surface area contributed by atoms with Crippen molar-refractivity contribution in [2.24, 2.45) is 11.8 Å². The number of hydrogen-bond donors (Lipinski definition) is 1. The fraction of sp³-hybridized carbons (Fsp3) is 0.571. The first-order valence-corrected chi connectivity index (χ1v) is 8.16. The van der Waals surface area contributed by atoms with Crippen molar-refractivity contribution in [3.05, 3.63) is 35.4 Å². The molecule has 1 aliphatic carbocycles. The molecule has 0 aromatic heterocycles. The molecule has 5 heteroatoms. The van der Waals surface area contributed by atoms with Crippen molar-refractivity contribution in [1.82, 2.24) is 4.31 Å². The van der Waals surface area contributed by atoms with Crippen molar-refractivity contribution >= 4 is 10.0 Å². The zero-order valence-corrected chi connectivity index (χ0v) is 12.2. The van der Waals surface area contributed by atoms with Gasteiger partial charge in [-0.25, -0.2) is 12.7 Å². The Morgan fingerprint density at radius 2 is 2.00 bits per heavy atom. The van der Waals surface area contributed by atoms with Crippen molar-refractivity contribution in [3.63, 3.8) is 0 Å². The van der Waals surface area contributed by atoms with E-state index in [2.05, 4.69) is 6.92 Å². The molecule has 0 aliphatic heterocycles. The maximum absolute atomic E-state index is 12.2. The minimum Gasteiger partial charge on any atom is -0.392 e. The number of aliphatic hydroxyl groups excluding tert-OH is 1. The van der Waals surface area contributed by atoms with Gasteiger partial charge < -0.3 is 5.11 Å². The molecular formula is C14H21NO3S. The molecule has 1 fully saturated rings. The summed E-state index contributed by atoms with van der Waals surface area (Å²) >= 11 is 0. The summed E-state index contributed by atoms with van der Waals surface area (Å²) in [5, 5.41) is 9.07. The second kappa shape index (κ2) is 5.61. The van der Waals surface area contributed by atoms with Crippen LogP contribution in [0.15, 0.2) is 24.3 Å². The van der Waals surface area contributed by atoms with Crippen LogP contribution < -0.4 is 0 Å². The molecule has 2 atom stereocenters. The van der Waals surface area contributed by atoms with Crippen LogP contribution in [0.3, 0.4) is 0 Å². The van der Waals surface area contributed by atoms with Crippen LogP contribution in [-0.4, -0.2) is 31.4 Å². The number of nitrogens with zero attached hydrogens (tertiary/aromatic N) is 1. The zero-order valence-electron chi connectivity index (χ0n) is 11.4. The van der Waals surface area contributed by atoms with Crippen LogP contribution in [-0.2, 0) is 22.4 Å². The first kappa shape index (κ1) is 14.5. The lowest BCUT2D eigenvalue weighted by molar-refractivity contribution is 0.281. The Morgan fingerprint density at radius 1 is 1.37 bits per heavy atom. The predicted octanol–water partition coefficient (Wildman–Crippen LogP) is 1.60. The Kier molecular flexibility index (Phi) is 4.28. The number of hydrogen-bond acceptors (Lipinski definition) is 3. The normalized spacial score (nSPS) is 22.7. The molecule has 0 saturated heterocycles. The molecule has 0 radical (unpaired) electrons. The van der Waals surface area contributed by atoms with Crippen LogP contribution in [0.25, 0.3) is 0 Å². The minimum absolute atomic E-state index is 0.00155. The Morgan fingerprint density at radius 3 is 2.58 bits per heavy atom. The fourth-order valence-corrected chi connectivity index (χ4v) is 3.48. The minimum atomic E-state index is -3.27. The van der Waals surface area contributed by atoms with Crippen molar-refractivity contribution in [3.8, 4) is 0 Å². The van der Waals surface area contributed by atoms with E-state index in [1.165, 1.54) is 4.31 Å². The summed E-state index contributed by atoms with van der Waals surface area (Å²) in [5.41, 5.74) is 1.47. The van der Waals surface area contributed by atoms with E-state index >= 15 is 0 Å². The van der Waals surface area contributed by atoms with E-state index in [0.29, 0.717) is 18.4 Å². The first-order valence-electron chi connectivity index (χ1n) is 6.55. The molecule has 0 bridgehead atoms. The van der Waals surface area contributed by atoms with Gasteiger partial charge in [0.05, 0.1) is 12.4 Å². The van der Waals surface area contributed by atoms with Crippen molar-refractivity contribution in [2.75, 3.05) is 13.6 Å². The summed E-state index contributed by atoms with van der Waals surface area (Å²) in [6, 6.07) is 7.08. The molecule has 1 aliphatic rings. The van der Waals surface area contributed by atoms with Gasteiger partial charge in [0.15, 0.2) is 0 Å².